The van der Waals surface area contributed by atoms with Crippen LogP contribution in [0.25, 0.3) is 0 Å². The van der Waals surface area contributed by atoms with Crippen molar-refractivity contribution in [2.24, 2.45) is 0 Å². The normalized spacial score (nSPS) is 31.8. The first-order valence-electron chi connectivity index (χ1n) is 5.54. The molecule has 17 heavy (non-hydrogen) atoms. The van der Waals surface area contributed by atoms with Gasteiger partial charge in [0, 0.05) is 5.57 Å². The van der Waals surface area contributed by atoms with Crippen LogP contribution in [0.4, 0.5) is 0 Å². The van der Waals surface area contributed by atoms with Gasteiger partial charge in [0.15, 0.2) is 0 Å². The predicted molar refractivity (Wildman–Crippen MR) is 60.1 cm³/mol. The lowest BCUT2D eigenvalue weighted by molar-refractivity contribution is -0.148. The third-order valence-corrected chi connectivity index (χ3v) is 2.54. The van der Waals surface area contributed by atoms with Crippen molar-refractivity contribution in [3.63, 3.8) is 0 Å². The van der Waals surface area contributed by atoms with E-state index in [2.05, 4.69) is 5.32 Å². The summed E-state index contributed by atoms with van der Waals surface area (Å²) < 4.78 is 4.94. The van der Waals surface area contributed by atoms with Gasteiger partial charge in [-0.1, -0.05) is 0 Å². The molecule has 0 aromatic heterocycles. The minimum Gasteiger partial charge on any atom is -0.512 e. The number of carbonyl (C=O) groups excluding carboxylic acids is 1. The van der Waals surface area contributed by atoms with Crippen molar-refractivity contribution in [1.29, 1.82) is 0 Å². The maximum Gasteiger partial charge on any atom is 0.307 e. The van der Waals surface area contributed by atoms with Crippen LogP contribution in [0, 0.1) is 0 Å². The first kappa shape index (κ1) is 14.0. The Bertz CT molecular complexity index is 322. The Morgan fingerprint density at radius 2 is 2.06 bits per heavy atom. The van der Waals surface area contributed by atoms with Crippen LogP contribution in [0.3, 0.4) is 0 Å². The van der Waals surface area contributed by atoms with Crippen LogP contribution in [0.2, 0.25) is 0 Å². The fourth-order valence-electron chi connectivity index (χ4n) is 1.84. The van der Waals surface area contributed by atoms with Crippen LogP contribution in [-0.2, 0) is 9.53 Å². The highest BCUT2D eigenvalue weighted by Crippen LogP contribution is 2.23. The molecule has 0 saturated carbocycles. The molecule has 1 aliphatic heterocycles. The summed E-state index contributed by atoms with van der Waals surface area (Å²) in [7, 11) is 0. The Kier molecular flexibility index (Phi) is 4.50. The van der Waals surface area contributed by atoms with E-state index in [0.29, 0.717) is 0 Å². The van der Waals surface area contributed by atoms with Gasteiger partial charge in [-0.15, -0.1) is 0 Å². The number of nitrogens with one attached hydrogen (secondary N) is 1. The monoisotopic (exact) mass is 245 g/mol. The number of aliphatic hydroxyl groups excluding tert-OH is 3. The number of carbonyl (C=O) groups is 1. The minimum atomic E-state index is -1.13. The molecule has 1 rings (SSSR count). The van der Waals surface area contributed by atoms with E-state index < -0.39 is 24.3 Å². The van der Waals surface area contributed by atoms with Gasteiger partial charge in [-0.25, -0.2) is 0 Å². The standard InChI is InChI=1S/C11H19NO5/c1-5(2)17-8(14)4-7-10(15)9(6(3)13)11(16)12-7/h5,7,10-13,15-16H,4H2,1-3H3/b9-6-. The van der Waals surface area contributed by atoms with Gasteiger partial charge in [-0.2, -0.15) is 0 Å². The van der Waals surface area contributed by atoms with E-state index in [9.17, 15) is 20.1 Å². The third kappa shape index (κ3) is 3.42. The molecule has 0 bridgehead atoms. The first-order valence-corrected chi connectivity index (χ1v) is 5.54. The van der Waals surface area contributed by atoms with E-state index in [1.807, 2.05) is 0 Å². The molecule has 4 N–H and O–H groups in total. The molecule has 0 aromatic rings. The summed E-state index contributed by atoms with van der Waals surface area (Å²) in [6.45, 7) is 4.83. The lowest BCUT2D eigenvalue weighted by atomic mass is 10.0. The Labute approximate surface area is 99.9 Å². The van der Waals surface area contributed by atoms with Gasteiger partial charge in [-0.05, 0) is 20.8 Å². The molecule has 0 radical (unpaired) electrons. The van der Waals surface area contributed by atoms with Crippen LogP contribution in [0.15, 0.2) is 11.3 Å². The number of hydrogen-bond donors (Lipinski definition) is 4. The van der Waals surface area contributed by atoms with Crippen LogP contribution in [-0.4, -0.2) is 45.8 Å². The molecule has 3 atom stereocenters. The summed E-state index contributed by atoms with van der Waals surface area (Å²) in [5, 5.41) is 31.3. The minimum absolute atomic E-state index is 0.0623. The summed E-state index contributed by atoms with van der Waals surface area (Å²) in [5.74, 6) is -0.599. The van der Waals surface area contributed by atoms with E-state index >= 15 is 0 Å². The molecule has 6 nitrogen and oxygen atoms in total. The van der Waals surface area contributed by atoms with Gasteiger partial charge < -0.3 is 20.1 Å². The number of allylic oxidation sites excluding steroid dienone is 1. The molecular formula is C11H19NO5. The van der Waals surface area contributed by atoms with Crippen molar-refractivity contribution in [2.75, 3.05) is 0 Å². The predicted octanol–water partition coefficient (Wildman–Crippen LogP) is -0.189. The Balaban J connectivity index is 2.64. The molecule has 1 fully saturated rings. The largest absolute Gasteiger partial charge is 0.512 e. The molecular weight excluding hydrogens is 226 g/mol. The molecule has 0 spiro atoms. The highest BCUT2D eigenvalue weighted by atomic mass is 16.5. The maximum absolute atomic E-state index is 11.4. The fraction of sp³-hybridized carbons (Fsp3) is 0.727. The Hall–Kier alpha value is -1.11. The number of aliphatic hydroxyl groups is 3. The van der Waals surface area contributed by atoms with Crippen LogP contribution in [0.1, 0.15) is 27.2 Å². The average molecular weight is 245 g/mol. The molecule has 0 amide bonds. The maximum atomic E-state index is 11.4. The van der Waals surface area contributed by atoms with Gasteiger partial charge in [0.05, 0.1) is 30.4 Å². The van der Waals surface area contributed by atoms with E-state index in [1.54, 1.807) is 13.8 Å². The molecule has 0 aromatic carbocycles. The van der Waals surface area contributed by atoms with Crippen LogP contribution >= 0.6 is 0 Å². The van der Waals surface area contributed by atoms with Crippen LogP contribution < -0.4 is 5.32 Å². The lowest BCUT2D eigenvalue weighted by Crippen LogP contribution is -2.36. The number of ether oxygens (including phenoxy) is 1. The van der Waals surface area contributed by atoms with Crippen molar-refractivity contribution in [3.8, 4) is 0 Å². The zero-order chi connectivity index (χ0) is 13.2. The highest BCUT2D eigenvalue weighted by molar-refractivity contribution is 5.70. The molecule has 1 saturated heterocycles. The van der Waals surface area contributed by atoms with Crippen LogP contribution in [0.5, 0.6) is 0 Å². The second-order valence-corrected chi connectivity index (χ2v) is 4.40. The van der Waals surface area contributed by atoms with Crippen molar-refractivity contribution in [2.45, 2.75) is 51.7 Å². The van der Waals surface area contributed by atoms with Gasteiger partial charge in [-0.3, -0.25) is 10.1 Å². The molecule has 0 aliphatic carbocycles. The fourth-order valence-corrected chi connectivity index (χ4v) is 1.84. The number of rotatable bonds is 3. The molecule has 1 heterocycles. The second kappa shape index (κ2) is 5.48. The smallest absolute Gasteiger partial charge is 0.307 e. The quantitative estimate of drug-likeness (QED) is 0.406. The average Bonchev–Trinajstić information content (AvgIpc) is 2.39. The number of hydrogen-bond acceptors (Lipinski definition) is 6. The lowest BCUT2D eigenvalue weighted by Gasteiger charge is -2.15. The zero-order valence-electron chi connectivity index (χ0n) is 10.2. The highest BCUT2D eigenvalue weighted by Gasteiger charge is 2.39. The number of esters is 1. The third-order valence-electron chi connectivity index (χ3n) is 2.54. The van der Waals surface area contributed by atoms with Gasteiger partial charge in [0.2, 0.25) is 0 Å². The molecule has 6 heteroatoms. The van der Waals surface area contributed by atoms with Gasteiger partial charge in [0.25, 0.3) is 0 Å². The van der Waals surface area contributed by atoms with Crippen molar-refractivity contribution >= 4 is 5.97 Å². The molecule has 1 aliphatic rings. The summed E-state index contributed by atoms with van der Waals surface area (Å²) >= 11 is 0. The van der Waals surface area contributed by atoms with E-state index in [0.717, 1.165) is 0 Å². The van der Waals surface area contributed by atoms with Crippen molar-refractivity contribution < 1.29 is 24.9 Å². The molecule has 98 valence electrons. The first-order chi connectivity index (χ1) is 7.82. The molecule has 3 unspecified atom stereocenters. The summed E-state index contributed by atoms with van der Waals surface area (Å²) in [4.78, 5) is 11.4. The van der Waals surface area contributed by atoms with E-state index in [-0.39, 0.29) is 23.9 Å². The topological polar surface area (TPSA) is 99.0 Å². The summed E-state index contributed by atoms with van der Waals surface area (Å²) in [6, 6.07) is -0.645. The second-order valence-electron chi connectivity index (χ2n) is 4.40. The Morgan fingerprint density at radius 3 is 2.47 bits per heavy atom. The van der Waals surface area contributed by atoms with Crippen molar-refractivity contribution in [1.82, 2.24) is 5.32 Å². The van der Waals surface area contributed by atoms with Crippen molar-refractivity contribution in [3.05, 3.63) is 11.3 Å². The van der Waals surface area contributed by atoms with Gasteiger partial charge >= 0.3 is 5.97 Å². The van der Waals surface area contributed by atoms with E-state index in [1.165, 1.54) is 6.92 Å². The van der Waals surface area contributed by atoms with E-state index in [4.69, 9.17) is 4.74 Å². The van der Waals surface area contributed by atoms with Gasteiger partial charge in [0.1, 0.15) is 6.23 Å². The zero-order valence-corrected chi connectivity index (χ0v) is 10.2. The SMILES string of the molecule is C/C(O)=C1/C(O)NC(CC(=O)OC(C)C)C1O. The summed E-state index contributed by atoms with van der Waals surface area (Å²) in [6.07, 6.45) is -2.50. The Morgan fingerprint density at radius 1 is 1.47 bits per heavy atom. The summed E-state index contributed by atoms with van der Waals surface area (Å²) in [5.41, 5.74) is 0.104.